The number of benzene rings is 1. The van der Waals surface area contributed by atoms with Crippen molar-refractivity contribution in [1.82, 2.24) is 30.4 Å². The van der Waals surface area contributed by atoms with Crippen molar-refractivity contribution >= 4 is 24.0 Å². The quantitative estimate of drug-likeness (QED) is 0.585. The van der Waals surface area contributed by atoms with Crippen LogP contribution in [0.1, 0.15) is 57.3 Å². The average Bonchev–Trinajstić information content (AvgIpc) is 3.55. The zero-order valence-corrected chi connectivity index (χ0v) is 22.3. The molecule has 2 aliphatic heterocycles. The highest BCUT2D eigenvalue weighted by Crippen LogP contribution is 2.33. The highest BCUT2D eigenvalue weighted by atomic mass is 16.5. The number of hydrogen-bond donors (Lipinski definition) is 1. The van der Waals surface area contributed by atoms with Gasteiger partial charge in [-0.05, 0) is 48.1 Å². The van der Waals surface area contributed by atoms with Gasteiger partial charge in [-0.2, -0.15) is 0 Å². The van der Waals surface area contributed by atoms with E-state index in [9.17, 15) is 14.4 Å². The minimum Gasteiger partial charge on any atom is -0.496 e. The summed E-state index contributed by atoms with van der Waals surface area (Å²) in [6.45, 7) is 5.87. The van der Waals surface area contributed by atoms with E-state index in [0.29, 0.717) is 30.1 Å². The van der Waals surface area contributed by atoms with Crippen molar-refractivity contribution in [1.29, 1.82) is 0 Å². The molecule has 12 nitrogen and oxygen atoms in total. The van der Waals surface area contributed by atoms with Crippen LogP contribution in [0.15, 0.2) is 24.3 Å². The number of esters is 1. The van der Waals surface area contributed by atoms with Gasteiger partial charge in [-0.15, -0.1) is 15.0 Å². The lowest BCUT2D eigenvalue weighted by Crippen LogP contribution is -2.57. The van der Waals surface area contributed by atoms with Gasteiger partial charge in [-0.25, -0.2) is 9.59 Å². The Labute approximate surface area is 221 Å². The number of allylic oxidation sites excluding steroid dienone is 1. The van der Waals surface area contributed by atoms with E-state index in [0.717, 1.165) is 5.56 Å². The normalized spacial score (nSPS) is 22.6. The van der Waals surface area contributed by atoms with Crippen LogP contribution in [0.5, 0.6) is 5.75 Å². The Morgan fingerprint density at radius 2 is 2.00 bits per heavy atom. The van der Waals surface area contributed by atoms with Crippen LogP contribution in [-0.4, -0.2) is 82.5 Å². The van der Waals surface area contributed by atoms with E-state index < -0.39 is 35.5 Å². The van der Waals surface area contributed by atoms with Gasteiger partial charge in [0.15, 0.2) is 5.82 Å². The van der Waals surface area contributed by atoms with Crippen molar-refractivity contribution in [3.63, 3.8) is 0 Å². The molecule has 3 heterocycles. The van der Waals surface area contributed by atoms with Gasteiger partial charge < -0.3 is 24.4 Å². The molecule has 12 heteroatoms. The number of carbonyl (C=O) groups excluding carboxylic acids is 3. The van der Waals surface area contributed by atoms with E-state index in [4.69, 9.17) is 14.2 Å². The van der Waals surface area contributed by atoms with Gasteiger partial charge in [0, 0.05) is 18.0 Å². The predicted molar refractivity (Wildman–Crippen MR) is 137 cm³/mol. The van der Waals surface area contributed by atoms with Crippen molar-refractivity contribution in [2.24, 2.45) is 5.41 Å². The van der Waals surface area contributed by atoms with Gasteiger partial charge in [-0.1, -0.05) is 32.9 Å². The maximum atomic E-state index is 13.8. The number of cyclic esters (lactones) is 1. The number of rotatable bonds is 2. The zero-order valence-electron chi connectivity index (χ0n) is 22.3. The minimum atomic E-state index is -0.930. The third kappa shape index (κ3) is 5.79. The number of nitrogens with zero attached hydrogens (tertiary/aromatic N) is 5. The van der Waals surface area contributed by atoms with E-state index in [1.807, 2.05) is 51.1 Å². The molecule has 204 valence electrons. The largest absolute Gasteiger partial charge is 0.496 e. The predicted octanol–water partition coefficient (Wildman–Crippen LogP) is 2.48. The lowest BCUT2D eigenvalue weighted by Gasteiger charge is -2.34. The summed E-state index contributed by atoms with van der Waals surface area (Å²) in [6.07, 6.45) is 4.72. The summed E-state index contributed by atoms with van der Waals surface area (Å²) in [7, 11) is 2.88. The monoisotopic (exact) mass is 526 g/mol. The van der Waals surface area contributed by atoms with Crippen LogP contribution in [-0.2, 0) is 19.1 Å². The molecule has 2 amide bonds. The lowest BCUT2D eigenvalue weighted by atomic mass is 9.85. The molecule has 1 aromatic heterocycles. The fourth-order valence-electron chi connectivity index (χ4n) is 4.65. The molecule has 1 fully saturated rings. The van der Waals surface area contributed by atoms with Gasteiger partial charge in [0.1, 0.15) is 17.8 Å². The zero-order chi connectivity index (χ0) is 27.4. The first-order valence-electron chi connectivity index (χ1n) is 12.6. The van der Waals surface area contributed by atoms with Gasteiger partial charge in [0.05, 0.1) is 26.5 Å². The van der Waals surface area contributed by atoms with Crippen LogP contribution in [0.3, 0.4) is 0 Å². The van der Waals surface area contributed by atoms with Crippen molar-refractivity contribution in [2.75, 3.05) is 27.4 Å². The molecule has 2 aromatic rings. The second kappa shape index (κ2) is 11.2. The Bertz CT molecular complexity index is 1220. The second-order valence-electron chi connectivity index (χ2n) is 10.4. The first kappa shape index (κ1) is 27.1. The SMILES string of the molecule is COC(=O)[C@@H]1C[C@@H]2CN1C(=O)[C@H](C(C)(C)C)NC(=O)OCCCC=Cc1cc(ccc1OC)-n1nnc2n1. The van der Waals surface area contributed by atoms with Crippen LogP contribution in [0.25, 0.3) is 11.8 Å². The third-order valence-electron chi connectivity index (χ3n) is 6.72. The number of tetrazole rings is 1. The molecule has 1 aromatic carbocycles. The van der Waals surface area contributed by atoms with E-state index in [1.54, 1.807) is 7.11 Å². The second-order valence-corrected chi connectivity index (χ2v) is 10.4. The molecule has 2 aliphatic rings. The van der Waals surface area contributed by atoms with Gasteiger partial charge in [0.25, 0.3) is 0 Å². The van der Waals surface area contributed by atoms with Gasteiger partial charge in [-0.3, -0.25) is 4.79 Å². The highest BCUT2D eigenvalue weighted by Gasteiger charge is 2.47. The molecular weight excluding hydrogens is 492 g/mol. The Hall–Kier alpha value is -3.96. The number of amides is 2. The Morgan fingerprint density at radius 1 is 1.21 bits per heavy atom. The number of fused-ring (bicyclic) bond motifs is 8. The molecule has 0 aliphatic carbocycles. The molecule has 1 N–H and O–H groups in total. The summed E-state index contributed by atoms with van der Waals surface area (Å²) in [5, 5.41) is 15.7. The number of ether oxygens (including phenoxy) is 3. The first-order chi connectivity index (χ1) is 18.1. The summed E-state index contributed by atoms with van der Waals surface area (Å²) in [6, 6.07) is 3.75. The molecule has 6 bridgehead atoms. The molecular formula is C26H34N6O6. The van der Waals surface area contributed by atoms with Crippen LogP contribution < -0.4 is 10.1 Å². The molecule has 1 saturated heterocycles. The summed E-state index contributed by atoms with van der Waals surface area (Å²) in [4.78, 5) is 42.0. The maximum Gasteiger partial charge on any atom is 0.407 e. The number of nitrogens with one attached hydrogen (secondary N) is 1. The van der Waals surface area contributed by atoms with Gasteiger partial charge in [0.2, 0.25) is 5.91 Å². The molecule has 3 atom stereocenters. The highest BCUT2D eigenvalue weighted by molar-refractivity contribution is 5.91. The number of aromatic nitrogens is 4. The molecule has 4 rings (SSSR count). The number of methoxy groups -OCH3 is 2. The molecule has 0 spiro atoms. The third-order valence-corrected chi connectivity index (χ3v) is 6.72. The summed E-state index contributed by atoms with van der Waals surface area (Å²) in [5.41, 5.74) is 0.862. The fourth-order valence-corrected chi connectivity index (χ4v) is 4.65. The minimum absolute atomic E-state index is 0.171. The fraction of sp³-hybridized carbons (Fsp3) is 0.538. The standard InChI is InChI=1S/C26H34N6O6/c1-26(2,3)21-23(33)31-15-17(14-19(31)24(34)37-5)22-28-30-32(29-22)18-10-11-20(36-4)16(13-18)9-7-6-8-12-38-25(35)27-21/h7,9-11,13,17,19,21H,6,8,12,14-15H2,1-5H3,(H,27,35)/t17-,19+,21-/m1/s1. The topological polar surface area (TPSA) is 138 Å². The maximum absolute atomic E-state index is 13.8. The Balaban J connectivity index is 1.73. The van der Waals surface area contributed by atoms with Crippen LogP contribution in [0.2, 0.25) is 0 Å². The van der Waals surface area contributed by atoms with Crippen molar-refractivity contribution in [2.45, 2.75) is 58.0 Å². The molecule has 0 radical (unpaired) electrons. The number of carbonyl (C=O) groups is 3. The molecule has 38 heavy (non-hydrogen) atoms. The van der Waals surface area contributed by atoms with Crippen LogP contribution in [0, 0.1) is 5.41 Å². The molecule has 0 saturated carbocycles. The van der Waals surface area contributed by atoms with E-state index in [1.165, 1.54) is 16.8 Å². The smallest absolute Gasteiger partial charge is 0.407 e. The molecule has 0 unspecified atom stereocenters. The van der Waals surface area contributed by atoms with Crippen molar-refractivity contribution < 1.29 is 28.6 Å². The van der Waals surface area contributed by atoms with E-state index >= 15 is 0 Å². The van der Waals surface area contributed by atoms with E-state index in [2.05, 4.69) is 20.7 Å². The average molecular weight is 527 g/mol. The first-order valence-corrected chi connectivity index (χ1v) is 12.6. The van der Waals surface area contributed by atoms with Crippen LogP contribution >= 0.6 is 0 Å². The summed E-state index contributed by atoms with van der Waals surface area (Å²) in [5.74, 6) is -0.215. The summed E-state index contributed by atoms with van der Waals surface area (Å²) < 4.78 is 15.8. The lowest BCUT2D eigenvalue weighted by molar-refractivity contribution is -0.152. The van der Waals surface area contributed by atoms with Gasteiger partial charge >= 0.3 is 12.1 Å². The van der Waals surface area contributed by atoms with Crippen molar-refractivity contribution in [3.8, 4) is 11.4 Å². The number of hydrogen-bond acceptors (Lipinski definition) is 9. The van der Waals surface area contributed by atoms with E-state index in [-0.39, 0.29) is 25.5 Å². The Morgan fingerprint density at radius 3 is 2.71 bits per heavy atom. The van der Waals surface area contributed by atoms with Crippen LogP contribution in [0.4, 0.5) is 4.79 Å². The summed E-state index contributed by atoms with van der Waals surface area (Å²) >= 11 is 0. The van der Waals surface area contributed by atoms with Crippen molar-refractivity contribution in [3.05, 3.63) is 35.7 Å². The number of alkyl carbamates (subject to hydrolysis) is 1. The Kier molecular flexibility index (Phi) is 7.98.